The van der Waals surface area contributed by atoms with Crippen molar-refractivity contribution in [1.29, 1.82) is 0 Å². The molecular formula is C14H23NO2S. The van der Waals surface area contributed by atoms with E-state index >= 15 is 0 Å². The van der Waals surface area contributed by atoms with Crippen LogP contribution in [0.1, 0.15) is 25.3 Å². The maximum atomic E-state index is 9.77. The van der Waals surface area contributed by atoms with E-state index in [9.17, 15) is 5.11 Å². The first-order chi connectivity index (χ1) is 8.63. The molecule has 0 heterocycles. The van der Waals surface area contributed by atoms with Crippen LogP contribution in [0.15, 0.2) is 23.1 Å². The van der Waals surface area contributed by atoms with Gasteiger partial charge in [0.25, 0.3) is 0 Å². The minimum absolute atomic E-state index is 0.402. The molecule has 0 spiro atoms. The van der Waals surface area contributed by atoms with Crippen LogP contribution in [0, 0.1) is 6.92 Å². The van der Waals surface area contributed by atoms with Crippen LogP contribution in [0.5, 0.6) is 0 Å². The zero-order chi connectivity index (χ0) is 13.4. The zero-order valence-electron chi connectivity index (χ0n) is 11.2. The van der Waals surface area contributed by atoms with Crippen LogP contribution in [0.3, 0.4) is 0 Å². The molecular weight excluding hydrogens is 246 g/mol. The van der Waals surface area contributed by atoms with Gasteiger partial charge >= 0.3 is 0 Å². The van der Waals surface area contributed by atoms with Crippen LogP contribution in [0.2, 0.25) is 0 Å². The molecule has 1 unspecified atom stereocenters. The summed E-state index contributed by atoms with van der Waals surface area (Å²) in [6.07, 6.45) is 1.72. The highest BCUT2D eigenvalue weighted by Crippen LogP contribution is 2.26. The average molecular weight is 269 g/mol. The Morgan fingerprint density at radius 3 is 2.89 bits per heavy atom. The lowest BCUT2D eigenvalue weighted by molar-refractivity contribution is 0.0473. The summed E-state index contributed by atoms with van der Waals surface area (Å²) in [7, 11) is 0. The molecule has 0 aliphatic heterocycles. The number of anilines is 1. The van der Waals surface area contributed by atoms with Gasteiger partial charge in [-0.25, -0.2) is 0 Å². The second-order valence-electron chi connectivity index (χ2n) is 4.43. The average Bonchev–Trinajstić information content (AvgIpc) is 2.33. The highest BCUT2D eigenvalue weighted by Gasteiger charge is 2.07. The minimum atomic E-state index is -0.437. The van der Waals surface area contributed by atoms with Gasteiger partial charge in [0.15, 0.2) is 0 Å². The highest BCUT2D eigenvalue weighted by atomic mass is 32.2. The summed E-state index contributed by atoms with van der Waals surface area (Å²) in [4.78, 5) is 1.02. The number of nitrogens with two attached hydrogens (primary N) is 1. The van der Waals surface area contributed by atoms with E-state index in [-0.39, 0.29) is 0 Å². The van der Waals surface area contributed by atoms with E-state index in [1.54, 1.807) is 11.8 Å². The van der Waals surface area contributed by atoms with Crippen molar-refractivity contribution in [3.8, 4) is 0 Å². The van der Waals surface area contributed by atoms with Gasteiger partial charge < -0.3 is 15.6 Å². The Balaban J connectivity index is 2.27. The summed E-state index contributed by atoms with van der Waals surface area (Å²) >= 11 is 1.57. The standard InChI is InChI=1S/C14H23NO2S/c1-3-4-7-17-9-12(16)10-18-14-6-5-11(2)8-13(14)15/h5-6,8,12,16H,3-4,7,9-10,15H2,1-2H3. The molecule has 0 fully saturated rings. The first-order valence-electron chi connectivity index (χ1n) is 6.38. The van der Waals surface area contributed by atoms with E-state index < -0.39 is 6.10 Å². The number of unbranched alkanes of at least 4 members (excludes halogenated alkanes) is 1. The van der Waals surface area contributed by atoms with Crippen molar-refractivity contribution in [2.75, 3.05) is 24.7 Å². The highest BCUT2D eigenvalue weighted by molar-refractivity contribution is 7.99. The quantitative estimate of drug-likeness (QED) is 0.433. The molecule has 1 rings (SSSR count). The van der Waals surface area contributed by atoms with E-state index in [0.717, 1.165) is 35.6 Å². The van der Waals surface area contributed by atoms with Gasteiger partial charge in [-0.3, -0.25) is 0 Å². The summed E-state index contributed by atoms with van der Waals surface area (Å²) in [5, 5.41) is 9.77. The maximum absolute atomic E-state index is 9.77. The van der Waals surface area contributed by atoms with Crippen LogP contribution >= 0.6 is 11.8 Å². The number of ether oxygens (including phenoxy) is 1. The number of aliphatic hydroxyl groups excluding tert-OH is 1. The molecule has 0 saturated carbocycles. The molecule has 0 bridgehead atoms. The number of hydrogen-bond acceptors (Lipinski definition) is 4. The molecule has 0 amide bonds. The molecule has 1 aromatic rings. The predicted molar refractivity (Wildman–Crippen MR) is 78.0 cm³/mol. The normalized spacial score (nSPS) is 12.6. The Morgan fingerprint density at radius 2 is 2.22 bits per heavy atom. The molecule has 18 heavy (non-hydrogen) atoms. The van der Waals surface area contributed by atoms with Gasteiger partial charge in [-0.2, -0.15) is 0 Å². The van der Waals surface area contributed by atoms with E-state index in [1.807, 2.05) is 25.1 Å². The number of aryl methyl sites for hydroxylation is 1. The third-order valence-corrected chi connectivity index (χ3v) is 3.78. The van der Waals surface area contributed by atoms with Crippen LogP contribution in [0.4, 0.5) is 5.69 Å². The molecule has 1 aromatic carbocycles. The third kappa shape index (κ3) is 5.76. The number of thioether (sulfide) groups is 1. The van der Waals surface area contributed by atoms with Gasteiger partial charge in [-0.05, 0) is 31.0 Å². The van der Waals surface area contributed by atoms with Gasteiger partial charge in [0, 0.05) is 22.9 Å². The Morgan fingerprint density at radius 1 is 1.44 bits per heavy atom. The second kappa shape index (κ2) is 8.40. The Kier molecular flexibility index (Phi) is 7.16. The van der Waals surface area contributed by atoms with Crippen molar-refractivity contribution < 1.29 is 9.84 Å². The van der Waals surface area contributed by atoms with Crippen molar-refractivity contribution in [2.45, 2.75) is 37.7 Å². The number of aliphatic hydroxyl groups is 1. The van der Waals surface area contributed by atoms with Gasteiger partial charge in [0.2, 0.25) is 0 Å². The zero-order valence-corrected chi connectivity index (χ0v) is 12.0. The molecule has 0 aromatic heterocycles. The predicted octanol–water partition coefficient (Wildman–Crippen LogP) is 2.85. The summed E-state index contributed by atoms with van der Waals surface area (Å²) in [6.45, 7) is 5.26. The van der Waals surface area contributed by atoms with Gasteiger partial charge in [-0.1, -0.05) is 19.4 Å². The Bertz CT molecular complexity index is 358. The molecule has 0 saturated heterocycles. The molecule has 1 atom stereocenters. The summed E-state index contributed by atoms with van der Waals surface area (Å²) in [5.41, 5.74) is 7.84. The SMILES string of the molecule is CCCCOCC(O)CSc1ccc(C)cc1N. The molecule has 0 radical (unpaired) electrons. The fourth-order valence-electron chi connectivity index (χ4n) is 1.50. The van der Waals surface area contributed by atoms with E-state index in [4.69, 9.17) is 10.5 Å². The lowest BCUT2D eigenvalue weighted by atomic mass is 10.2. The van der Waals surface area contributed by atoms with Crippen molar-refractivity contribution in [3.63, 3.8) is 0 Å². The minimum Gasteiger partial charge on any atom is -0.398 e. The number of hydrogen-bond donors (Lipinski definition) is 2. The van der Waals surface area contributed by atoms with Crippen molar-refractivity contribution in [1.82, 2.24) is 0 Å². The first-order valence-corrected chi connectivity index (χ1v) is 7.36. The Labute approximate surface area is 114 Å². The first kappa shape index (κ1) is 15.3. The lowest BCUT2D eigenvalue weighted by Crippen LogP contribution is -2.18. The second-order valence-corrected chi connectivity index (χ2v) is 5.50. The summed E-state index contributed by atoms with van der Waals surface area (Å²) in [6, 6.07) is 5.98. The molecule has 3 nitrogen and oxygen atoms in total. The summed E-state index contributed by atoms with van der Waals surface area (Å²) in [5.74, 6) is 0.611. The number of nitrogen functional groups attached to an aromatic ring is 1. The monoisotopic (exact) mass is 269 g/mol. The van der Waals surface area contributed by atoms with Gasteiger partial charge in [0.1, 0.15) is 0 Å². The van der Waals surface area contributed by atoms with Gasteiger partial charge in [-0.15, -0.1) is 11.8 Å². The maximum Gasteiger partial charge on any atom is 0.0867 e. The molecule has 3 N–H and O–H groups in total. The molecule has 102 valence electrons. The largest absolute Gasteiger partial charge is 0.398 e. The number of benzene rings is 1. The molecule has 0 aliphatic rings. The Hall–Kier alpha value is -0.710. The van der Waals surface area contributed by atoms with E-state index in [0.29, 0.717) is 12.4 Å². The van der Waals surface area contributed by atoms with Crippen molar-refractivity contribution in [3.05, 3.63) is 23.8 Å². The van der Waals surface area contributed by atoms with Crippen LogP contribution < -0.4 is 5.73 Å². The third-order valence-electron chi connectivity index (χ3n) is 2.55. The van der Waals surface area contributed by atoms with Crippen molar-refractivity contribution in [2.24, 2.45) is 0 Å². The number of rotatable bonds is 8. The molecule has 4 heteroatoms. The van der Waals surface area contributed by atoms with Crippen molar-refractivity contribution >= 4 is 17.4 Å². The summed E-state index contributed by atoms with van der Waals surface area (Å²) < 4.78 is 5.38. The van der Waals surface area contributed by atoms with Crippen LogP contribution in [-0.4, -0.2) is 30.2 Å². The smallest absolute Gasteiger partial charge is 0.0867 e. The van der Waals surface area contributed by atoms with Gasteiger partial charge in [0.05, 0.1) is 12.7 Å². The molecule has 0 aliphatic carbocycles. The van der Waals surface area contributed by atoms with Crippen LogP contribution in [0.25, 0.3) is 0 Å². The van der Waals surface area contributed by atoms with Crippen LogP contribution in [-0.2, 0) is 4.74 Å². The topological polar surface area (TPSA) is 55.5 Å². The fraction of sp³-hybridized carbons (Fsp3) is 0.571. The van der Waals surface area contributed by atoms with E-state index in [2.05, 4.69) is 6.92 Å². The lowest BCUT2D eigenvalue weighted by Gasteiger charge is -2.12. The van der Waals surface area contributed by atoms with E-state index in [1.165, 1.54) is 0 Å². The fourth-order valence-corrected chi connectivity index (χ4v) is 2.36.